The van der Waals surface area contributed by atoms with E-state index >= 15 is 0 Å². The molecule has 0 aromatic carbocycles. The van der Waals surface area contributed by atoms with Crippen molar-refractivity contribution in [2.75, 3.05) is 33.2 Å². The Hall–Kier alpha value is -0.120. The van der Waals surface area contributed by atoms with Crippen LogP contribution >= 0.6 is 0 Å². The Morgan fingerprint density at radius 2 is 1.39 bits per heavy atom. The van der Waals surface area contributed by atoms with Crippen LogP contribution in [0.2, 0.25) is 0 Å². The maximum Gasteiger partial charge on any atom is 0.0113 e. The van der Waals surface area contributed by atoms with E-state index in [1.54, 1.807) is 0 Å². The van der Waals surface area contributed by atoms with E-state index in [-0.39, 0.29) is 0 Å². The second-order valence-electron chi connectivity index (χ2n) is 6.46. The molecule has 3 rings (SSSR count). The van der Waals surface area contributed by atoms with Crippen LogP contribution < -0.4 is 5.32 Å². The summed E-state index contributed by atoms with van der Waals surface area (Å²) in [7, 11) is 2.12. The lowest BCUT2D eigenvalue weighted by Gasteiger charge is -2.40. The van der Waals surface area contributed by atoms with Gasteiger partial charge in [0.25, 0.3) is 0 Å². The quantitative estimate of drug-likeness (QED) is 0.823. The average Bonchev–Trinajstić information content (AvgIpc) is 3.10. The molecule has 1 heterocycles. The van der Waals surface area contributed by atoms with Gasteiger partial charge >= 0.3 is 0 Å². The number of piperazine rings is 1. The molecule has 1 saturated heterocycles. The fourth-order valence-electron chi connectivity index (χ4n) is 4.29. The smallest absolute Gasteiger partial charge is 0.0113 e. The summed E-state index contributed by atoms with van der Waals surface area (Å²) in [6.45, 7) is 5.28. The van der Waals surface area contributed by atoms with Crippen LogP contribution in [0.1, 0.15) is 44.9 Å². The van der Waals surface area contributed by atoms with E-state index in [4.69, 9.17) is 0 Å². The first-order valence-electron chi connectivity index (χ1n) is 8.02. The number of hydrogen-bond acceptors (Lipinski definition) is 3. The molecule has 3 heteroatoms. The van der Waals surface area contributed by atoms with Crippen molar-refractivity contribution >= 4 is 0 Å². The van der Waals surface area contributed by atoms with E-state index in [1.807, 2.05) is 0 Å². The molecular formula is C15H29N3. The lowest BCUT2D eigenvalue weighted by Crippen LogP contribution is -2.52. The van der Waals surface area contributed by atoms with E-state index < -0.39 is 0 Å². The zero-order chi connectivity index (χ0) is 12.4. The first-order chi connectivity index (χ1) is 8.86. The molecule has 2 saturated carbocycles. The average molecular weight is 251 g/mol. The Morgan fingerprint density at radius 3 is 1.94 bits per heavy atom. The molecule has 0 aromatic heterocycles. The van der Waals surface area contributed by atoms with Crippen molar-refractivity contribution in [3.8, 4) is 0 Å². The van der Waals surface area contributed by atoms with Crippen LogP contribution in [0.25, 0.3) is 0 Å². The predicted octanol–water partition coefficient (Wildman–Crippen LogP) is 1.69. The van der Waals surface area contributed by atoms with Crippen molar-refractivity contribution < 1.29 is 0 Å². The van der Waals surface area contributed by atoms with Crippen LogP contribution in [0.4, 0.5) is 0 Å². The third-order valence-corrected chi connectivity index (χ3v) is 5.52. The number of rotatable bonds is 3. The molecule has 0 bridgehead atoms. The number of nitrogens with one attached hydrogen (secondary N) is 1. The molecule has 0 radical (unpaired) electrons. The van der Waals surface area contributed by atoms with Crippen LogP contribution in [-0.2, 0) is 0 Å². The van der Waals surface area contributed by atoms with Gasteiger partial charge in [0.15, 0.2) is 0 Å². The van der Waals surface area contributed by atoms with Crippen molar-refractivity contribution in [3.63, 3.8) is 0 Å². The van der Waals surface area contributed by atoms with Gasteiger partial charge in [-0.1, -0.05) is 12.8 Å². The zero-order valence-electron chi connectivity index (χ0n) is 11.9. The highest BCUT2D eigenvalue weighted by Gasteiger charge is 2.32. The lowest BCUT2D eigenvalue weighted by molar-refractivity contribution is 0.0714. The van der Waals surface area contributed by atoms with Crippen LogP contribution in [-0.4, -0.2) is 61.2 Å². The van der Waals surface area contributed by atoms with Crippen LogP contribution in [0.5, 0.6) is 0 Å². The van der Waals surface area contributed by atoms with E-state index in [0.29, 0.717) is 0 Å². The minimum absolute atomic E-state index is 0.780. The fourth-order valence-corrected chi connectivity index (χ4v) is 4.29. The number of hydrogen-bond donors (Lipinski definition) is 1. The van der Waals surface area contributed by atoms with Gasteiger partial charge in [-0.05, 0) is 39.2 Å². The highest BCUT2D eigenvalue weighted by molar-refractivity contribution is 4.89. The van der Waals surface area contributed by atoms with Crippen LogP contribution in [0, 0.1) is 0 Å². The molecular weight excluding hydrogens is 222 g/mol. The van der Waals surface area contributed by atoms with Crippen LogP contribution in [0.3, 0.4) is 0 Å². The van der Waals surface area contributed by atoms with Crippen LogP contribution in [0.15, 0.2) is 0 Å². The summed E-state index contributed by atoms with van der Waals surface area (Å²) in [6, 6.07) is 2.58. The predicted molar refractivity (Wildman–Crippen MR) is 75.9 cm³/mol. The molecule has 1 N–H and O–H groups in total. The second kappa shape index (κ2) is 5.89. The van der Waals surface area contributed by atoms with Gasteiger partial charge in [-0.15, -0.1) is 0 Å². The summed E-state index contributed by atoms with van der Waals surface area (Å²) in [4.78, 5) is 5.54. The Labute approximate surface area is 112 Å². The standard InChI is InChI=1S/C15H29N3/c1-16-13-6-7-15(12-13)18-10-8-17(9-11-18)14-4-2-3-5-14/h13-16H,2-12H2,1H3/t13-,15+/m0/s1. The van der Waals surface area contributed by atoms with E-state index in [9.17, 15) is 0 Å². The summed E-state index contributed by atoms with van der Waals surface area (Å²) >= 11 is 0. The van der Waals surface area contributed by atoms with Gasteiger partial charge in [0, 0.05) is 44.3 Å². The van der Waals surface area contributed by atoms with Crippen molar-refractivity contribution in [2.24, 2.45) is 0 Å². The monoisotopic (exact) mass is 251 g/mol. The molecule has 104 valence electrons. The molecule has 18 heavy (non-hydrogen) atoms. The molecule has 0 aromatic rings. The van der Waals surface area contributed by atoms with Gasteiger partial charge in [0.1, 0.15) is 0 Å². The first-order valence-corrected chi connectivity index (χ1v) is 8.02. The van der Waals surface area contributed by atoms with Gasteiger partial charge < -0.3 is 5.32 Å². The molecule has 2 atom stereocenters. The first kappa shape index (κ1) is 12.9. The lowest BCUT2D eigenvalue weighted by atomic mass is 10.1. The van der Waals surface area contributed by atoms with E-state index in [0.717, 1.165) is 18.1 Å². The zero-order valence-corrected chi connectivity index (χ0v) is 11.9. The maximum atomic E-state index is 3.45. The summed E-state index contributed by atoms with van der Waals surface area (Å²) in [5.74, 6) is 0. The SMILES string of the molecule is CN[C@H]1CC[C@@H](N2CCN(C3CCCC3)CC2)C1. The van der Waals surface area contributed by atoms with Gasteiger partial charge in [-0.3, -0.25) is 9.80 Å². The molecule has 0 unspecified atom stereocenters. The minimum Gasteiger partial charge on any atom is -0.317 e. The Balaban J connectivity index is 1.45. The summed E-state index contributed by atoms with van der Waals surface area (Å²) in [5, 5.41) is 3.45. The molecule has 1 aliphatic heterocycles. The van der Waals surface area contributed by atoms with Crippen molar-refractivity contribution in [2.45, 2.75) is 63.1 Å². The minimum atomic E-state index is 0.780. The largest absolute Gasteiger partial charge is 0.317 e. The molecule has 0 spiro atoms. The van der Waals surface area contributed by atoms with Crippen molar-refractivity contribution in [1.29, 1.82) is 0 Å². The third-order valence-electron chi connectivity index (χ3n) is 5.52. The molecule has 0 amide bonds. The Kier molecular flexibility index (Phi) is 4.22. The summed E-state index contributed by atoms with van der Waals surface area (Å²) in [5.41, 5.74) is 0. The molecule has 3 aliphatic rings. The van der Waals surface area contributed by atoms with E-state index in [1.165, 1.54) is 71.1 Å². The van der Waals surface area contributed by atoms with Crippen molar-refractivity contribution in [3.05, 3.63) is 0 Å². The molecule has 3 nitrogen and oxygen atoms in total. The fraction of sp³-hybridized carbons (Fsp3) is 1.00. The van der Waals surface area contributed by atoms with Gasteiger partial charge in [0.05, 0.1) is 0 Å². The van der Waals surface area contributed by atoms with Gasteiger partial charge in [-0.25, -0.2) is 0 Å². The number of nitrogens with zero attached hydrogens (tertiary/aromatic N) is 2. The van der Waals surface area contributed by atoms with Gasteiger partial charge in [0.2, 0.25) is 0 Å². The van der Waals surface area contributed by atoms with Gasteiger partial charge in [-0.2, -0.15) is 0 Å². The maximum absolute atomic E-state index is 3.45. The normalized spacial score (nSPS) is 36.5. The summed E-state index contributed by atoms with van der Waals surface area (Å²) < 4.78 is 0. The molecule has 2 aliphatic carbocycles. The topological polar surface area (TPSA) is 18.5 Å². The Bertz CT molecular complexity index is 254. The van der Waals surface area contributed by atoms with Crippen molar-refractivity contribution in [1.82, 2.24) is 15.1 Å². The summed E-state index contributed by atoms with van der Waals surface area (Å²) in [6.07, 6.45) is 10.0. The molecule has 3 fully saturated rings. The second-order valence-corrected chi connectivity index (χ2v) is 6.46. The third kappa shape index (κ3) is 2.73. The highest BCUT2D eigenvalue weighted by atomic mass is 15.3. The van der Waals surface area contributed by atoms with E-state index in [2.05, 4.69) is 22.2 Å². The highest BCUT2D eigenvalue weighted by Crippen LogP contribution is 2.28. The Morgan fingerprint density at radius 1 is 0.778 bits per heavy atom.